The zero-order valence-corrected chi connectivity index (χ0v) is 8.54. The molecule has 0 aromatic carbocycles. The van der Waals surface area contributed by atoms with Crippen LogP contribution in [0.4, 0.5) is 0 Å². The second kappa shape index (κ2) is 8.10. The topological polar surface area (TPSA) is 0 Å². The number of allylic oxidation sites excluding steroid dienone is 4. The van der Waals surface area contributed by atoms with E-state index in [1.807, 2.05) is 0 Å². The highest BCUT2D eigenvalue weighted by Crippen LogP contribution is 2.08. The number of hydrogen-bond donors (Lipinski definition) is 0. The summed E-state index contributed by atoms with van der Waals surface area (Å²) in [6.45, 7) is 0. The third kappa shape index (κ3) is 6.62. The van der Waals surface area contributed by atoms with Crippen molar-refractivity contribution < 1.29 is 0 Å². The minimum Gasteiger partial charge on any atom is -0.0885 e. The van der Waals surface area contributed by atoms with Crippen molar-refractivity contribution in [3.63, 3.8) is 0 Å². The van der Waals surface area contributed by atoms with Gasteiger partial charge in [-0.05, 0) is 44.9 Å². The molecule has 0 fully saturated rings. The minimum absolute atomic E-state index is 1.20. The van der Waals surface area contributed by atoms with E-state index in [2.05, 4.69) is 30.7 Å². The molecule has 0 heterocycles. The fourth-order valence-electron chi connectivity index (χ4n) is 1.59. The molecule has 0 aromatic rings. The van der Waals surface area contributed by atoms with Gasteiger partial charge in [0.15, 0.2) is 0 Å². The molecule has 1 radical (unpaired) electrons. The van der Waals surface area contributed by atoms with E-state index in [4.69, 9.17) is 0 Å². The Balaban J connectivity index is 2.18. The summed E-state index contributed by atoms with van der Waals surface area (Å²) < 4.78 is 0. The molecular weight excluding hydrogens is 156 g/mol. The lowest BCUT2D eigenvalue weighted by atomic mass is 10.1. The lowest BCUT2D eigenvalue weighted by Crippen LogP contribution is -1.76. The van der Waals surface area contributed by atoms with E-state index >= 15 is 0 Å². The molecule has 1 aliphatic carbocycles. The molecule has 0 unspecified atom stereocenters. The summed E-state index contributed by atoms with van der Waals surface area (Å²) in [6, 6.07) is 0. The molecule has 0 heteroatoms. The lowest BCUT2D eigenvalue weighted by Gasteiger charge is -1.95. The van der Waals surface area contributed by atoms with Crippen LogP contribution in [0.25, 0.3) is 0 Å². The minimum atomic E-state index is 1.20. The van der Waals surface area contributed by atoms with Crippen LogP contribution in [0.1, 0.15) is 51.4 Å². The first-order valence-electron chi connectivity index (χ1n) is 5.63. The number of rotatable bonds is 0. The second-order valence-corrected chi connectivity index (χ2v) is 3.70. The molecule has 0 saturated carbocycles. The molecule has 0 aromatic heterocycles. The van der Waals surface area contributed by atoms with Gasteiger partial charge in [0.2, 0.25) is 0 Å². The van der Waals surface area contributed by atoms with Gasteiger partial charge in [-0.3, -0.25) is 0 Å². The maximum Gasteiger partial charge on any atom is -0.0167 e. The molecule has 13 heavy (non-hydrogen) atoms. The average molecular weight is 177 g/mol. The first kappa shape index (κ1) is 10.6. The molecule has 73 valence electrons. The van der Waals surface area contributed by atoms with Crippen molar-refractivity contribution in [1.29, 1.82) is 0 Å². The van der Waals surface area contributed by atoms with E-state index < -0.39 is 0 Å². The average Bonchev–Trinajstić information content (AvgIpc) is 2.18. The maximum atomic E-state index is 2.34. The third-order valence-corrected chi connectivity index (χ3v) is 2.43. The van der Waals surface area contributed by atoms with Crippen LogP contribution >= 0.6 is 0 Å². The highest BCUT2D eigenvalue weighted by Gasteiger charge is 1.89. The second-order valence-electron chi connectivity index (χ2n) is 3.70. The molecule has 0 spiro atoms. The van der Waals surface area contributed by atoms with Crippen LogP contribution in [-0.4, -0.2) is 0 Å². The van der Waals surface area contributed by atoms with Gasteiger partial charge in [0.05, 0.1) is 0 Å². The van der Waals surface area contributed by atoms with E-state index in [0.29, 0.717) is 0 Å². The molecule has 1 rings (SSSR count). The van der Waals surface area contributed by atoms with E-state index in [9.17, 15) is 0 Å². The van der Waals surface area contributed by atoms with Crippen LogP contribution in [0, 0.1) is 6.42 Å². The Bertz CT molecular complexity index is 135. The van der Waals surface area contributed by atoms with Crippen molar-refractivity contribution in [1.82, 2.24) is 0 Å². The normalized spacial score (nSPS) is 26.5. The van der Waals surface area contributed by atoms with Crippen molar-refractivity contribution in [2.45, 2.75) is 51.4 Å². The number of hydrogen-bond acceptors (Lipinski definition) is 0. The van der Waals surface area contributed by atoms with Gasteiger partial charge in [-0.2, -0.15) is 0 Å². The van der Waals surface area contributed by atoms with E-state index in [0.717, 1.165) is 0 Å². The van der Waals surface area contributed by atoms with Crippen LogP contribution in [0.3, 0.4) is 0 Å². The zero-order chi connectivity index (χ0) is 9.19. The summed E-state index contributed by atoms with van der Waals surface area (Å²) in [5.41, 5.74) is 0. The van der Waals surface area contributed by atoms with Gasteiger partial charge < -0.3 is 0 Å². The first-order chi connectivity index (χ1) is 6.50. The summed E-state index contributed by atoms with van der Waals surface area (Å²) in [7, 11) is 0. The van der Waals surface area contributed by atoms with Crippen LogP contribution in [-0.2, 0) is 0 Å². The summed E-state index contributed by atoms with van der Waals surface area (Å²) in [4.78, 5) is 0. The molecule has 0 amide bonds. The van der Waals surface area contributed by atoms with Crippen molar-refractivity contribution in [2.24, 2.45) is 0 Å². The standard InChI is InChI=1S/C13H21/c1-2-4-6-8-10-12-13-11-9-7-5-3-1/h1-3,8,10H,4-7,9,11-13H2/b3-1+,10-8-. The summed E-state index contributed by atoms with van der Waals surface area (Å²) in [5.74, 6) is 0. The highest BCUT2D eigenvalue weighted by atomic mass is 14.0. The summed E-state index contributed by atoms with van der Waals surface area (Å²) >= 11 is 0. The molecule has 0 N–H and O–H groups in total. The molecular formula is C13H21. The Hall–Kier alpha value is -0.520. The SMILES string of the molecule is [CH]1/C=C/CCCCCC/C=C\CC1. The van der Waals surface area contributed by atoms with Gasteiger partial charge in [0.25, 0.3) is 0 Å². The van der Waals surface area contributed by atoms with Crippen molar-refractivity contribution in [2.75, 3.05) is 0 Å². The fraction of sp³-hybridized carbons (Fsp3) is 0.615. The first-order valence-corrected chi connectivity index (χ1v) is 5.63. The van der Waals surface area contributed by atoms with Gasteiger partial charge in [-0.15, -0.1) is 0 Å². The van der Waals surface area contributed by atoms with Gasteiger partial charge in [0, 0.05) is 0 Å². The monoisotopic (exact) mass is 177 g/mol. The smallest absolute Gasteiger partial charge is 0.0167 e. The maximum absolute atomic E-state index is 2.34. The Morgan fingerprint density at radius 1 is 0.538 bits per heavy atom. The Morgan fingerprint density at radius 2 is 1.23 bits per heavy atom. The van der Waals surface area contributed by atoms with Crippen LogP contribution in [0.15, 0.2) is 24.3 Å². The van der Waals surface area contributed by atoms with Crippen LogP contribution in [0.5, 0.6) is 0 Å². The van der Waals surface area contributed by atoms with Gasteiger partial charge in [-0.25, -0.2) is 0 Å². The molecule has 0 atom stereocenters. The fourth-order valence-corrected chi connectivity index (χ4v) is 1.59. The van der Waals surface area contributed by atoms with Gasteiger partial charge >= 0.3 is 0 Å². The molecule has 0 saturated heterocycles. The van der Waals surface area contributed by atoms with Crippen LogP contribution in [0.2, 0.25) is 0 Å². The molecule has 1 aliphatic rings. The Morgan fingerprint density at radius 3 is 2.08 bits per heavy atom. The molecule has 0 bridgehead atoms. The van der Waals surface area contributed by atoms with Gasteiger partial charge in [0.1, 0.15) is 0 Å². The van der Waals surface area contributed by atoms with E-state index in [1.54, 1.807) is 0 Å². The van der Waals surface area contributed by atoms with Gasteiger partial charge in [-0.1, -0.05) is 37.1 Å². The third-order valence-electron chi connectivity index (χ3n) is 2.43. The molecule has 0 nitrogen and oxygen atoms in total. The van der Waals surface area contributed by atoms with E-state index in [-0.39, 0.29) is 0 Å². The van der Waals surface area contributed by atoms with Crippen molar-refractivity contribution in [3.05, 3.63) is 30.7 Å². The van der Waals surface area contributed by atoms with Crippen LogP contribution < -0.4 is 0 Å². The van der Waals surface area contributed by atoms with Crippen molar-refractivity contribution in [3.8, 4) is 0 Å². The predicted octanol–water partition coefficient (Wildman–Crippen LogP) is 4.44. The summed E-state index contributed by atoms with van der Waals surface area (Å²) in [5, 5.41) is 0. The quantitative estimate of drug-likeness (QED) is 0.480. The Labute approximate surface area is 82.7 Å². The largest absolute Gasteiger partial charge is 0.0885 e. The Kier molecular flexibility index (Phi) is 6.58. The summed E-state index contributed by atoms with van der Waals surface area (Å²) in [6.07, 6.45) is 22.0. The highest BCUT2D eigenvalue weighted by molar-refractivity contribution is 4.96. The lowest BCUT2D eigenvalue weighted by molar-refractivity contribution is 0.652. The molecule has 0 aliphatic heterocycles. The van der Waals surface area contributed by atoms with Crippen molar-refractivity contribution >= 4 is 0 Å². The zero-order valence-electron chi connectivity index (χ0n) is 8.54. The van der Waals surface area contributed by atoms with E-state index in [1.165, 1.54) is 51.4 Å². The predicted molar refractivity (Wildman–Crippen MR) is 59.5 cm³/mol.